The summed E-state index contributed by atoms with van der Waals surface area (Å²) in [4.78, 5) is 16.8. The Kier molecular flexibility index (Phi) is 6.98. The zero-order valence-corrected chi connectivity index (χ0v) is 21.4. The normalized spacial score (nSPS) is 21.7. The molecule has 3 aromatic rings. The van der Waals surface area contributed by atoms with E-state index < -0.39 is 11.0 Å². The number of likely N-dealkylation sites (tertiary alicyclic amines) is 1. The molecule has 0 aromatic heterocycles. The highest BCUT2D eigenvalue weighted by Gasteiger charge is 2.53. The third-order valence-electron chi connectivity index (χ3n) is 8.23. The summed E-state index contributed by atoms with van der Waals surface area (Å²) in [6.45, 7) is 8.16. The number of carbonyl (C=O) groups excluding carboxylic acids is 1. The lowest BCUT2D eigenvalue weighted by molar-refractivity contribution is -0.125. The van der Waals surface area contributed by atoms with Crippen molar-refractivity contribution in [1.29, 1.82) is 0 Å². The van der Waals surface area contributed by atoms with Gasteiger partial charge in [0.05, 0.1) is 11.3 Å². The van der Waals surface area contributed by atoms with E-state index >= 15 is 0 Å². The molecule has 0 aliphatic carbocycles. The van der Waals surface area contributed by atoms with Crippen LogP contribution in [0.1, 0.15) is 49.8 Å². The van der Waals surface area contributed by atoms with Crippen LogP contribution in [0.2, 0.25) is 0 Å². The Morgan fingerprint density at radius 1 is 0.806 bits per heavy atom. The molecule has 5 nitrogen and oxygen atoms in total. The smallest absolute Gasteiger partial charge is 0.256 e. The van der Waals surface area contributed by atoms with Gasteiger partial charge in [-0.05, 0) is 48.6 Å². The molecular formula is C31H37N3O2. The summed E-state index contributed by atoms with van der Waals surface area (Å²) in [5, 5.41) is 15.4. The van der Waals surface area contributed by atoms with Crippen molar-refractivity contribution in [3.05, 3.63) is 102 Å². The van der Waals surface area contributed by atoms with E-state index in [1.807, 2.05) is 59.6 Å². The lowest BCUT2D eigenvalue weighted by atomic mass is 9.72. The maximum atomic E-state index is 14.4. The van der Waals surface area contributed by atoms with Crippen LogP contribution in [0.15, 0.2) is 84.9 Å². The maximum Gasteiger partial charge on any atom is 0.256 e. The van der Waals surface area contributed by atoms with Crippen LogP contribution in [0.5, 0.6) is 0 Å². The van der Waals surface area contributed by atoms with Crippen LogP contribution in [0.25, 0.3) is 0 Å². The highest BCUT2D eigenvalue weighted by Crippen LogP contribution is 2.49. The number of hydrogen-bond acceptors (Lipinski definition) is 4. The van der Waals surface area contributed by atoms with E-state index in [1.54, 1.807) is 0 Å². The summed E-state index contributed by atoms with van der Waals surface area (Å²) >= 11 is 0. The molecule has 1 N–H and O–H groups in total. The van der Waals surface area contributed by atoms with Gasteiger partial charge in [0.25, 0.3) is 5.91 Å². The van der Waals surface area contributed by atoms with Crippen molar-refractivity contribution >= 4 is 11.6 Å². The van der Waals surface area contributed by atoms with Crippen LogP contribution in [0, 0.1) is 0 Å². The summed E-state index contributed by atoms with van der Waals surface area (Å²) < 4.78 is 0. The summed E-state index contributed by atoms with van der Waals surface area (Å²) in [5.41, 5.74) is 2.63. The van der Waals surface area contributed by atoms with Crippen LogP contribution in [-0.4, -0.2) is 53.6 Å². The SMILES string of the molecule is CCN(CC)N1C(=O)C(CCN2CCC(O)(c3ccccc3)CC2)(c2ccccc2)c2ccccc21. The quantitative estimate of drug-likeness (QED) is 0.493. The van der Waals surface area contributed by atoms with Gasteiger partial charge >= 0.3 is 0 Å². The molecule has 188 valence electrons. The molecular weight excluding hydrogens is 446 g/mol. The highest BCUT2D eigenvalue weighted by molar-refractivity contribution is 6.09. The minimum Gasteiger partial charge on any atom is -0.385 e. The number of fused-ring (bicyclic) bond motifs is 1. The topological polar surface area (TPSA) is 47.0 Å². The molecule has 0 spiro atoms. The van der Waals surface area contributed by atoms with Gasteiger partial charge in [0.15, 0.2) is 0 Å². The van der Waals surface area contributed by atoms with Crippen molar-refractivity contribution in [3.63, 3.8) is 0 Å². The first-order valence-corrected chi connectivity index (χ1v) is 13.3. The van der Waals surface area contributed by atoms with Crippen LogP contribution >= 0.6 is 0 Å². The largest absolute Gasteiger partial charge is 0.385 e. The minimum atomic E-state index is -0.774. The first-order valence-electron chi connectivity index (χ1n) is 13.3. The minimum absolute atomic E-state index is 0.136. The molecule has 1 fully saturated rings. The van der Waals surface area contributed by atoms with E-state index in [2.05, 4.69) is 54.1 Å². The predicted octanol–water partition coefficient (Wildman–Crippen LogP) is 4.95. The van der Waals surface area contributed by atoms with Crippen molar-refractivity contribution in [1.82, 2.24) is 9.91 Å². The number of nitrogens with zero attached hydrogens (tertiary/aromatic N) is 3. The zero-order valence-electron chi connectivity index (χ0n) is 21.4. The zero-order chi connectivity index (χ0) is 25.2. The number of piperidine rings is 1. The predicted molar refractivity (Wildman–Crippen MR) is 145 cm³/mol. The molecule has 1 amide bonds. The van der Waals surface area contributed by atoms with Gasteiger partial charge in [0.2, 0.25) is 0 Å². The number of anilines is 1. The van der Waals surface area contributed by atoms with Crippen molar-refractivity contribution in [2.45, 2.75) is 44.1 Å². The van der Waals surface area contributed by atoms with Gasteiger partial charge in [-0.3, -0.25) is 4.79 Å². The Hall–Kier alpha value is -2.99. The van der Waals surface area contributed by atoms with E-state index in [4.69, 9.17) is 0 Å². The molecule has 1 atom stereocenters. The molecule has 2 heterocycles. The Labute approximate surface area is 214 Å². The lowest BCUT2D eigenvalue weighted by Gasteiger charge is -2.40. The molecule has 1 saturated heterocycles. The van der Waals surface area contributed by atoms with E-state index in [9.17, 15) is 9.90 Å². The Morgan fingerprint density at radius 2 is 1.36 bits per heavy atom. The fourth-order valence-electron chi connectivity index (χ4n) is 6.11. The number of para-hydroxylation sites is 1. The molecule has 5 heteroatoms. The Balaban J connectivity index is 1.44. The number of carbonyl (C=O) groups is 1. The van der Waals surface area contributed by atoms with Crippen molar-refractivity contribution < 1.29 is 9.90 Å². The number of rotatable bonds is 8. The second-order valence-corrected chi connectivity index (χ2v) is 10.0. The fourth-order valence-corrected chi connectivity index (χ4v) is 6.11. The third kappa shape index (κ3) is 4.15. The maximum absolute atomic E-state index is 14.4. The number of amides is 1. The average molecular weight is 484 g/mol. The first-order chi connectivity index (χ1) is 17.5. The molecule has 0 radical (unpaired) electrons. The Morgan fingerprint density at radius 3 is 1.97 bits per heavy atom. The van der Waals surface area contributed by atoms with E-state index in [0.29, 0.717) is 19.3 Å². The van der Waals surface area contributed by atoms with E-state index in [-0.39, 0.29) is 5.91 Å². The summed E-state index contributed by atoms with van der Waals surface area (Å²) in [6, 6.07) is 28.6. The van der Waals surface area contributed by atoms with Crippen LogP contribution in [0.4, 0.5) is 5.69 Å². The van der Waals surface area contributed by atoms with Gasteiger partial charge in [0, 0.05) is 26.2 Å². The first kappa shape index (κ1) is 24.7. The van der Waals surface area contributed by atoms with E-state index in [1.165, 1.54) is 0 Å². The third-order valence-corrected chi connectivity index (χ3v) is 8.23. The van der Waals surface area contributed by atoms with E-state index in [0.717, 1.165) is 55.1 Å². The van der Waals surface area contributed by atoms with Crippen LogP contribution in [-0.2, 0) is 15.8 Å². The van der Waals surface area contributed by atoms with Gasteiger partial charge < -0.3 is 10.0 Å². The number of benzene rings is 3. The molecule has 0 saturated carbocycles. The van der Waals surface area contributed by atoms with Crippen molar-refractivity contribution in [2.24, 2.45) is 0 Å². The molecule has 0 bridgehead atoms. The molecule has 3 aromatic carbocycles. The summed E-state index contributed by atoms with van der Waals surface area (Å²) in [6.07, 6.45) is 2.10. The van der Waals surface area contributed by atoms with Gasteiger partial charge in [-0.25, -0.2) is 10.0 Å². The second-order valence-electron chi connectivity index (χ2n) is 10.0. The highest BCUT2D eigenvalue weighted by atomic mass is 16.3. The van der Waals surface area contributed by atoms with Crippen LogP contribution in [0.3, 0.4) is 0 Å². The van der Waals surface area contributed by atoms with Crippen molar-refractivity contribution in [2.75, 3.05) is 37.7 Å². The molecule has 2 aliphatic heterocycles. The Bertz CT molecular complexity index is 1170. The molecule has 36 heavy (non-hydrogen) atoms. The second kappa shape index (κ2) is 10.2. The number of hydrogen-bond donors (Lipinski definition) is 1. The van der Waals surface area contributed by atoms with Gasteiger partial charge in [-0.2, -0.15) is 0 Å². The van der Waals surface area contributed by atoms with Gasteiger partial charge in [-0.1, -0.05) is 92.7 Å². The monoisotopic (exact) mass is 483 g/mol. The number of hydrazine groups is 1. The van der Waals surface area contributed by atoms with Crippen LogP contribution < -0.4 is 5.01 Å². The summed E-state index contributed by atoms with van der Waals surface area (Å²) in [7, 11) is 0. The van der Waals surface area contributed by atoms with Gasteiger partial charge in [-0.15, -0.1) is 0 Å². The summed E-state index contributed by atoms with van der Waals surface area (Å²) in [5.74, 6) is 0.136. The van der Waals surface area contributed by atoms with Crippen molar-refractivity contribution in [3.8, 4) is 0 Å². The lowest BCUT2D eigenvalue weighted by Crippen LogP contribution is -2.51. The molecule has 5 rings (SSSR count). The fraction of sp³-hybridized carbons (Fsp3) is 0.387. The average Bonchev–Trinajstić information content (AvgIpc) is 3.19. The molecule has 1 unspecified atom stereocenters. The molecule has 2 aliphatic rings. The number of aliphatic hydroxyl groups is 1. The van der Waals surface area contributed by atoms with Gasteiger partial charge in [0.1, 0.15) is 5.41 Å². The standard InChI is InChI=1S/C31H37N3O2/c1-3-33(4-2)34-28-18-12-11-17-27(28)31(29(34)35,26-15-9-6-10-16-26)21-24-32-22-19-30(36,20-23-32)25-13-7-5-8-14-25/h5-18,36H,3-4,19-24H2,1-2H3.